The molecule has 2 atom stereocenters. The number of methoxy groups -OCH3 is 1. The maximum absolute atomic E-state index is 14.7. The lowest BCUT2D eigenvalue weighted by atomic mass is 9.81. The molecule has 0 radical (unpaired) electrons. The number of benzene rings is 2. The number of aromatic nitrogens is 3. The van der Waals surface area contributed by atoms with E-state index in [2.05, 4.69) is 15.4 Å². The van der Waals surface area contributed by atoms with E-state index in [0.717, 1.165) is 25.0 Å². The highest BCUT2D eigenvalue weighted by atomic mass is 19.4. The highest BCUT2D eigenvalue weighted by molar-refractivity contribution is 6.00. The number of halogens is 5. The average molecular weight is 632 g/mol. The highest BCUT2D eigenvalue weighted by Gasteiger charge is 2.58. The van der Waals surface area contributed by atoms with Crippen LogP contribution >= 0.6 is 0 Å². The van der Waals surface area contributed by atoms with Crippen LogP contribution in [0.25, 0.3) is 22.2 Å². The number of ether oxygens (including phenoxy) is 2. The van der Waals surface area contributed by atoms with Crippen molar-refractivity contribution >= 4 is 22.7 Å². The normalized spacial score (nSPS) is 19.1. The molecule has 1 aliphatic heterocycles. The zero-order chi connectivity index (χ0) is 32.3. The number of hydrogen-bond donors (Lipinski definition) is 3. The van der Waals surface area contributed by atoms with Crippen LogP contribution < -0.4 is 20.5 Å². The molecule has 10 nitrogen and oxygen atoms in total. The Kier molecular flexibility index (Phi) is 7.18. The van der Waals surface area contributed by atoms with Crippen LogP contribution in [0.15, 0.2) is 48.7 Å². The van der Waals surface area contributed by atoms with Gasteiger partial charge in [-0.1, -0.05) is 0 Å². The number of hydrogen-bond acceptors (Lipinski definition) is 7. The number of carbonyl (C=O) groups excluding carboxylic acids is 2. The Morgan fingerprint density at radius 3 is 2.51 bits per heavy atom. The van der Waals surface area contributed by atoms with Crippen molar-refractivity contribution in [1.82, 2.24) is 20.1 Å². The monoisotopic (exact) mass is 631 g/mol. The first-order chi connectivity index (χ1) is 21.3. The van der Waals surface area contributed by atoms with Crippen LogP contribution in [-0.2, 0) is 15.8 Å². The van der Waals surface area contributed by atoms with Crippen molar-refractivity contribution in [3.8, 4) is 22.8 Å². The van der Waals surface area contributed by atoms with E-state index in [4.69, 9.17) is 15.2 Å². The number of nitrogens with zero attached hydrogens (tertiary/aromatic N) is 3. The van der Waals surface area contributed by atoms with Crippen LogP contribution in [0, 0.1) is 5.82 Å². The van der Waals surface area contributed by atoms with Gasteiger partial charge in [-0.05, 0) is 55.3 Å². The summed E-state index contributed by atoms with van der Waals surface area (Å²) < 4.78 is 84.8. The van der Waals surface area contributed by atoms with Gasteiger partial charge in [0.15, 0.2) is 0 Å². The van der Waals surface area contributed by atoms with Crippen LogP contribution in [0.5, 0.6) is 11.5 Å². The number of nitrogens with one attached hydrogen (secondary N) is 1. The number of rotatable bonds is 9. The largest absolute Gasteiger partial charge is 0.494 e. The number of nitrogens with two attached hydrogens (primary N) is 1. The van der Waals surface area contributed by atoms with Crippen LogP contribution in [-0.4, -0.2) is 64.8 Å². The third-order valence-electron chi connectivity index (χ3n) is 8.16. The Morgan fingerprint density at radius 2 is 1.91 bits per heavy atom. The highest BCUT2D eigenvalue weighted by Crippen LogP contribution is 2.48. The second-order valence-corrected chi connectivity index (χ2v) is 11.1. The molecule has 236 valence electrons. The van der Waals surface area contributed by atoms with Gasteiger partial charge in [0.05, 0.1) is 25.4 Å². The third-order valence-corrected chi connectivity index (χ3v) is 8.16. The van der Waals surface area contributed by atoms with E-state index in [0.29, 0.717) is 17.0 Å². The van der Waals surface area contributed by atoms with Crippen molar-refractivity contribution in [1.29, 1.82) is 0 Å². The van der Waals surface area contributed by atoms with Crippen LogP contribution in [0.1, 0.15) is 40.5 Å². The molecule has 0 saturated heterocycles. The summed E-state index contributed by atoms with van der Waals surface area (Å²) in [4.78, 5) is 29.6. The smallest absolute Gasteiger partial charge is 0.424 e. The second kappa shape index (κ2) is 10.7. The minimum atomic E-state index is -5.45. The summed E-state index contributed by atoms with van der Waals surface area (Å²) in [5, 5.41) is 18.3. The molecule has 45 heavy (non-hydrogen) atoms. The second-order valence-electron chi connectivity index (χ2n) is 11.1. The van der Waals surface area contributed by atoms with Crippen LogP contribution in [0.4, 0.5) is 22.0 Å². The average Bonchev–Trinajstić information content (AvgIpc) is 3.65. The Labute approximate surface area is 251 Å². The van der Waals surface area contributed by atoms with E-state index < -0.39 is 60.3 Å². The number of fused-ring (bicyclic) bond motifs is 2. The summed E-state index contributed by atoms with van der Waals surface area (Å²) in [7, 11) is 1.36. The summed E-state index contributed by atoms with van der Waals surface area (Å²) >= 11 is 0. The molecule has 2 aromatic carbocycles. The van der Waals surface area contributed by atoms with Gasteiger partial charge in [-0.2, -0.15) is 18.3 Å². The molecule has 1 aliphatic carbocycles. The molecule has 0 bridgehead atoms. The van der Waals surface area contributed by atoms with Gasteiger partial charge in [-0.3, -0.25) is 14.3 Å². The summed E-state index contributed by atoms with van der Waals surface area (Å²) in [5.74, 6) is -2.88. The first-order valence-electron chi connectivity index (χ1n) is 13.8. The lowest BCUT2D eigenvalue weighted by molar-refractivity contribution is -0.265. The topological polar surface area (TPSA) is 142 Å². The molecule has 2 aliphatic rings. The van der Waals surface area contributed by atoms with Gasteiger partial charge in [-0.25, -0.2) is 13.8 Å². The lowest BCUT2D eigenvalue weighted by Crippen LogP contribution is -2.52. The van der Waals surface area contributed by atoms with Gasteiger partial charge >= 0.3 is 6.18 Å². The Hall–Kier alpha value is -4.79. The maximum atomic E-state index is 14.7. The predicted molar refractivity (Wildman–Crippen MR) is 149 cm³/mol. The van der Waals surface area contributed by atoms with Crippen molar-refractivity contribution < 1.29 is 46.1 Å². The fourth-order valence-electron chi connectivity index (χ4n) is 5.28. The van der Waals surface area contributed by atoms with Gasteiger partial charge in [-0.15, -0.1) is 0 Å². The molecule has 1 saturated carbocycles. The minimum Gasteiger partial charge on any atom is -0.494 e. The zero-order valence-electron chi connectivity index (χ0n) is 23.6. The molecule has 3 heterocycles. The van der Waals surface area contributed by atoms with Crippen LogP contribution in [0.3, 0.4) is 0 Å². The first-order valence-corrected chi connectivity index (χ1v) is 13.8. The van der Waals surface area contributed by atoms with Crippen LogP contribution in [0.2, 0.25) is 0 Å². The number of amides is 2. The summed E-state index contributed by atoms with van der Waals surface area (Å²) in [6, 6.07) is 8.06. The third kappa shape index (κ3) is 5.00. The summed E-state index contributed by atoms with van der Waals surface area (Å²) in [6.07, 6.45) is -1.85. The SMILES string of the molecule is COc1cc(C(=O)NCC(O)(c2cc3c(c(-c4ccc(F)cc4)n2)OCC3(CF)C(N)=O)C(F)(F)F)cc2cn(C3CC3)nc12. The Balaban J connectivity index is 1.41. The van der Waals surface area contributed by atoms with Crippen molar-refractivity contribution in [3.05, 3.63) is 71.3 Å². The maximum Gasteiger partial charge on any atom is 0.424 e. The van der Waals surface area contributed by atoms with Gasteiger partial charge < -0.3 is 25.6 Å². The zero-order valence-corrected chi connectivity index (χ0v) is 23.6. The van der Waals surface area contributed by atoms with Crippen molar-refractivity contribution in [2.24, 2.45) is 5.73 Å². The van der Waals surface area contributed by atoms with Gasteiger partial charge in [0.2, 0.25) is 11.5 Å². The molecule has 2 amide bonds. The van der Waals surface area contributed by atoms with E-state index in [1.165, 1.54) is 31.4 Å². The number of alkyl halides is 4. The summed E-state index contributed by atoms with van der Waals surface area (Å²) in [5.41, 5.74) is -1.88. The number of aliphatic hydroxyl groups is 1. The summed E-state index contributed by atoms with van der Waals surface area (Å²) in [6.45, 7) is -3.49. The fraction of sp³-hybridized carbons (Fsp3) is 0.333. The molecule has 4 aromatic rings. The quantitative estimate of drug-likeness (QED) is 0.239. The molecular formula is C30H26F5N5O5. The fourth-order valence-corrected chi connectivity index (χ4v) is 5.28. The van der Waals surface area contributed by atoms with Crippen molar-refractivity contribution in [3.63, 3.8) is 0 Å². The van der Waals surface area contributed by atoms with Gasteiger partial charge in [0.1, 0.15) is 47.2 Å². The minimum absolute atomic E-state index is 0.0503. The van der Waals surface area contributed by atoms with Gasteiger partial charge in [0.25, 0.3) is 5.91 Å². The standard InChI is InChI=1S/C30H26F5N5O5/c1-44-21-9-16(8-17-11-40(19-6-7-19)39-23(17)21)26(41)37-13-29(43,30(33,34)35)22-10-20-25(45-14-28(20,12-31)27(36)42)24(38-22)15-2-4-18(32)5-3-15/h2-5,8-11,19,43H,6-7,12-14H2,1H3,(H2,36,42)(H,37,41). The Morgan fingerprint density at radius 1 is 1.20 bits per heavy atom. The van der Waals surface area contributed by atoms with E-state index in [1.807, 2.05) is 0 Å². The molecule has 15 heteroatoms. The molecule has 2 aromatic heterocycles. The molecule has 4 N–H and O–H groups in total. The van der Waals surface area contributed by atoms with E-state index >= 15 is 0 Å². The number of carbonyl (C=O) groups is 2. The molecule has 0 spiro atoms. The van der Waals surface area contributed by atoms with Crippen molar-refractivity contribution in [2.45, 2.75) is 36.1 Å². The number of pyridine rings is 1. The molecule has 1 fully saturated rings. The Bertz CT molecular complexity index is 1820. The van der Waals surface area contributed by atoms with Gasteiger partial charge in [0, 0.05) is 28.3 Å². The van der Waals surface area contributed by atoms with E-state index in [-0.39, 0.29) is 39.9 Å². The lowest BCUT2D eigenvalue weighted by Gasteiger charge is -2.31. The van der Waals surface area contributed by atoms with E-state index in [1.54, 1.807) is 10.9 Å². The predicted octanol–water partition coefficient (Wildman–Crippen LogP) is 3.85. The molecule has 2 unspecified atom stereocenters. The van der Waals surface area contributed by atoms with E-state index in [9.17, 15) is 36.6 Å². The molecular weight excluding hydrogens is 605 g/mol. The molecule has 6 rings (SSSR count). The van der Waals surface area contributed by atoms with Crippen molar-refractivity contribution in [2.75, 3.05) is 26.9 Å². The number of primary amides is 1. The first kappa shape index (κ1) is 30.2.